The van der Waals surface area contributed by atoms with Crippen molar-refractivity contribution >= 4 is 17.7 Å². The SMILES string of the molecule is CC(C)(C)OC(=O)N(CCN1Cc2ccc(Cl)cc2CC1Cc1ccccc1)Cc1ccccc1. The molecule has 0 saturated carbocycles. The maximum Gasteiger partial charge on any atom is 0.410 e. The fraction of sp³-hybridized carbons (Fsp3) is 0.367. The molecule has 3 aromatic carbocycles. The molecule has 4 rings (SSSR count). The van der Waals surface area contributed by atoms with Gasteiger partial charge in [-0.05, 0) is 68.0 Å². The molecule has 0 bridgehead atoms. The molecule has 1 amide bonds. The summed E-state index contributed by atoms with van der Waals surface area (Å²) in [6.45, 7) is 8.47. The highest BCUT2D eigenvalue weighted by molar-refractivity contribution is 6.30. The molecular formula is C30H35ClN2O2. The fourth-order valence-corrected chi connectivity index (χ4v) is 4.83. The zero-order valence-electron chi connectivity index (χ0n) is 20.9. The molecule has 0 spiro atoms. The van der Waals surface area contributed by atoms with Crippen molar-refractivity contribution < 1.29 is 9.53 Å². The summed E-state index contributed by atoms with van der Waals surface area (Å²) in [7, 11) is 0. The number of amides is 1. The number of halogens is 1. The van der Waals surface area contributed by atoms with Crippen LogP contribution in [0.5, 0.6) is 0 Å². The number of benzene rings is 3. The fourth-order valence-electron chi connectivity index (χ4n) is 4.63. The van der Waals surface area contributed by atoms with Gasteiger partial charge < -0.3 is 9.64 Å². The first-order valence-corrected chi connectivity index (χ1v) is 12.7. The monoisotopic (exact) mass is 490 g/mol. The molecule has 0 N–H and O–H groups in total. The first-order chi connectivity index (χ1) is 16.8. The van der Waals surface area contributed by atoms with E-state index >= 15 is 0 Å². The Morgan fingerprint density at radius 3 is 2.29 bits per heavy atom. The van der Waals surface area contributed by atoms with E-state index in [4.69, 9.17) is 16.3 Å². The Morgan fingerprint density at radius 2 is 1.63 bits per heavy atom. The van der Waals surface area contributed by atoms with Crippen LogP contribution in [-0.4, -0.2) is 40.6 Å². The van der Waals surface area contributed by atoms with Crippen molar-refractivity contribution in [2.24, 2.45) is 0 Å². The molecule has 1 heterocycles. The average molecular weight is 491 g/mol. The minimum Gasteiger partial charge on any atom is -0.444 e. The average Bonchev–Trinajstić information content (AvgIpc) is 2.82. The van der Waals surface area contributed by atoms with Crippen LogP contribution in [0.15, 0.2) is 78.9 Å². The third-order valence-corrected chi connectivity index (χ3v) is 6.59. The number of hydrogen-bond acceptors (Lipinski definition) is 3. The summed E-state index contributed by atoms with van der Waals surface area (Å²) < 4.78 is 5.76. The molecule has 1 unspecified atom stereocenters. The standard InChI is InChI=1S/C30H35ClN2O2/c1-30(2,3)35-29(34)33(21-24-12-8-5-9-13-24)17-16-32-22-25-14-15-27(31)19-26(25)20-28(32)18-23-10-6-4-7-11-23/h4-15,19,28H,16-18,20-22H2,1-3H3. The molecule has 4 nitrogen and oxygen atoms in total. The van der Waals surface area contributed by atoms with Crippen LogP contribution in [-0.2, 0) is 30.7 Å². The molecule has 5 heteroatoms. The molecule has 1 aliphatic rings. The van der Waals surface area contributed by atoms with Gasteiger partial charge in [0.25, 0.3) is 0 Å². The molecule has 3 aromatic rings. The predicted molar refractivity (Wildman–Crippen MR) is 143 cm³/mol. The summed E-state index contributed by atoms with van der Waals surface area (Å²) in [5, 5.41) is 0.787. The molecule has 0 radical (unpaired) electrons. The van der Waals surface area contributed by atoms with Gasteiger partial charge >= 0.3 is 6.09 Å². The van der Waals surface area contributed by atoms with Gasteiger partial charge in [0.15, 0.2) is 0 Å². The van der Waals surface area contributed by atoms with E-state index in [1.807, 2.05) is 49.9 Å². The lowest BCUT2D eigenvalue weighted by Gasteiger charge is -2.38. The van der Waals surface area contributed by atoms with Crippen LogP contribution in [0, 0.1) is 0 Å². The Bertz CT molecular complexity index is 1110. The summed E-state index contributed by atoms with van der Waals surface area (Å²) in [6, 6.07) is 27.3. The quantitative estimate of drug-likeness (QED) is 0.367. The maximum atomic E-state index is 13.1. The normalized spacial score (nSPS) is 15.9. The summed E-state index contributed by atoms with van der Waals surface area (Å²) in [5.41, 5.74) is 4.51. The lowest BCUT2D eigenvalue weighted by atomic mass is 9.90. The van der Waals surface area contributed by atoms with Crippen LogP contribution in [0.3, 0.4) is 0 Å². The third-order valence-electron chi connectivity index (χ3n) is 6.35. The first-order valence-electron chi connectivity index (χ1n) is 12.3. The topological polar surface area (TPSA) is 32.8 Å². The summed E-state index contributed by atoms with van der Waals surface area (Å²) in [4.78, 5) is 17.5. The van der Waals surface area contributed by atoms with Crippen molar-refractivity contribution in [3.63, 3.8) is 0 Å². The van der Waals surface area contributed by atoms with Gasteiger partial charge in [0.1, 0.15) is 5.60 Å². The van der Waals surface area contributed by atoms with Crippen molar-refractivity contribution in [2.75, 3.05) is 13.1 Å². The van der Waals surface area contributed by atoms with Gasteiger partial charge in [-0.2, -0.15) is 0 Å². The van der Waals surface area contributed by atoms with Crippen molar-refractivity contribution in [3.05, 3.63) is 106 Å². The number of fused-ring (bicyclic) bond motifs is 1. The van der Waals surface area contributed by atoms with Crippen LogP contribution in [0.1, 0.15) is 43.0 Å². The Hall–Kier alpha value is -2.82. The minimum absolute atomic E-state index is 0.273. The highest BCUT2D eigenvalue weighted by Gasteiger charge is 2.28. The lowest BCUT2D eigenvalue weighted by molar-refractivity contribution is 0.0198. The van der Waals surface area contributed by atoms with Gasteiger partial charge in [-0.3, -0.25) is 4.90 Å². The molecule has 0 fully saturated rings. The number of carbonyl (C=O) groups excluding carboxylic acids is 1. The molecule has 0 aromatic heterocycles. The number of ether oxygens (including phenoxy) is 1. The van der Waals surface area contributed by atoms with Crippen molar-refractivity contribution in [3.8, 4) is 0 Å². The summed E-state index contributed by atoms with van der Waals surface area (Å²) in [5.74, 6) is 0. The van der Waals surface area contributed by atoms with Gasteiger partial charge in [-0.15, -0.1) is 0 Å². The smallest absolute Gasteiger partial charge is 0.410 e. The number of nitrogens with zero attached hydrogens (tertiary/aromatic N) is 2. The van der Waals surface area contributed by atoms with Crippen molar-refractivity contribution in [1.29, 1.82) is 0 Å². The van der Waals surface area contributed by atoms with E-state index in [1.165, 1.54) is 16.7 Å². The van der Waals surface area contributed by atoms with E-state index in [1.54, 1.807) is 0 Å². The molecule has 0 aliphatic carbocycles. The summed E-state index contributed by atoms with van der Waals surface area (Å²) >= 11 is 6.32. The Kier molecular flexibility index (Phi) is 8.15. The second-order valence-corrected chi connectivity index (χ2v) is 10.8. The van der Waals surface area contributed by atoms with Crippen LogP contribution in [0.25, 0.3) is 0 Å². The first kappa shape index (κ1) is 25.3. The molecule has 0 saturated heterocycles. The molecular weight excluding hydrogens is 456 g/mol. The van der Waals surface area contributed by atoms with E-state index in [0.717, 1.165) is 36.5 Å². The second-order valence-electron chi connectivity index (χ2n) is 10.3. The van der Waals surface area contributed by atoms with E-state index in [9.17, 15) is 4.79 Å². The lowest BCUT2D eigenvalue weighted by Crippen LogP contribution is -2.47. The summed E-state index contributed by atoms with van der Waals surface area (Å²) in [6.07, 6.45) is 1.62. The van der Waals surface area contributed by atoms with Gasteiger partial charge in [0, 0.05) is 37.2 Å². The Labute approximate surface area is 214 Å². The van der Waals surface area contributed by atoms with Crippen LogP contribution in [0.2, 0.25) is 5.02 Å². The predicted octanol–water partition coefficient (Wildman–Crippen LogP) is 6.75. The maximum absolute atomic E-state index is 13.1. The second kappa shape index (κ2) is 11.3. The zero-order chi connectivity index (χ0) is 24.8. The van der Waals surface area contributed by atoms with E-state index in [2.05, 4.69) is 59.5 Å². The zero-order valence-corrected chi connectivity index (χ0v) is 21.7. The highest BCUT2D eigenvalue weighted by Crippen LogP contribution is 2.28. The Balaban J connectivity index is 1.53. The van der Waals surface area contributed by atoms with Gasteiger partial charge in [-0.1, -0.05) is 78.3 Å². The van der Waals surface area contributed by atoms with Crippen molar-refractivity contribution in [1.82, 2.24) is 9.80 Å². The van der Waals surface area contributed by atoms with Crippen molar-refractivity contribution in [2.45, 2.75) is 58.3 Å². The van der Waals surface area contributed by atoms with E-state index < -0.39 is 5.60 Å². The molecule has 1 aliphatic heterocycles. The number of rotatable bonds is 7. The largest absolute Gasteiger partial charge is 0.444 e. The molecule has 35 heavy (non-hydrogen) atoms. The van der Waals surface area contributed by atoms with E-state index in [0.29, 0.717) is 19.1 Å². The molecule has 1 atom stereocenters. The van der Waals surface area contributed by atoms with Gasteiger partial charge in [-0.25, -0.2) is 4.79 Å². The third kappa shape index (κ3) is 7.33. The van der Waals surface area contributed by atoms with Gasteiger partial charge in [0.05, 0.1) is 0 Å². The molecule has 184 valence electrons. The van der Waals surface area contributed by atoms with E-state index in [-0.39, 0.29) is 6.09 Å². The number of carbonyl (C=O) groups is 1. The Morgan fingerprint density at radius 1 is 0.971 bits per heavy atom. The van der Waals surface area contributed by atoms with Crippen LogP contribution in [0.4, 0.5) is 4.79 Å². The highest BCUT2D eigenvalue weighted by atomic mass is 35.5. The van der Waals surface area contributed by atoms with Gasteiger partial charge in [0.2, 0.25) is 0 Å². The minimum atomic E-state index is -0.537. The number of hydrogen-bond donors (Lipinski definition) is 0. The van der Waals surface area contributed by atoms with Crippen LogP contribution < -0.4 is 0 Å². The van der Waals surface area contributed by atoms with Crippen LogP contribution >= 0.6 is 11.6 Å².